The molecule has 1 unspecified atom stereocenters. The highest BCUT2D eigenvalue weighted by Gasteiger charge is 2.33. The van der Waals surface area contributed by atoms with Crippen molar-refractivity contribution in [1.82, 2.24) is 29.9 Å². The van der Waals surface area contributed by atoms with Gasteiger partial charge in [-0.1, -0.05) is 41.2 Å². The van der Waals surface area contributed by atoms with Crippen molar-refractivity contribution in [2.75, 3.05) is 19.8 Å². The van der Waals surface area contributed by atoms with Gasteiger partial charge in [0, 0.05) is 42.1 Å². The molecule has 1 atom stereocenters. The maximum Gasteiger partial charge on any atom is 0.290 e. The van der Waals surface area contributed by atoms with Crippen LogP contribution < -0.4 is 0 Å². The first-order valence-corrected chi connectivity index (χ1v) is 14.0. The van der Waals surface area contributed by atoms with E-state index in [4.69, 9.17) is 9.15 Å². The second kappa shape index (κ2) is 11.2. The van der Waals surface area contributed by atoms with E-state index >= 15 is 0 Å². The van der Waals surface area contributed by atoms with Gasteiger partial charge in [0.15, 0.2) is 16.7 Å². The van der Waals surface area contributed by atoms with E-state index in [-0.39, 0.29) is 17.6 Å². The molecule has 1 amide bonds. The molecule has 0 saturated carbocycles. The van der Waals surface area contributed by atoms with E-state index in [1.54, 1.807) is 47.8 Å². The van der Waals surface area contributed by atoms with Crippen molar-refractivity contribution < 1.29 is 18.3 Å². The number of amides is 1. The Kier molecular flexibility index (Phi) is 7.40. The van der Waals surface area contributed by atoms with Crippen LogP contribution in [0.2, 0.25) is 0 Å². The van der Waals surface area contributed by atoms with Crippen molar-refractivity contribution in [3.8, 4) is 5.69 Å². The minimum Gasteiger partial charge on any atom is -0.451 e. The van der Waals surface area contributed by atoms with Crippen molar-refractivity contribution >= 4 is 44.6 Å². The van der Waals surface area contributed by atoms with E-state index in [0.717, 1.165) is 10.9 Å². The number of fused-ring (bicyclic) bond motifs is 1. The molecule has 0 bridgehead atoms. The fourth-order valence-corrected chi connectivity index (χ4v) is 5.74. The summed E-state index contributed by atoms with van der Waals surface area (Å²) in [5, 5.41) is 9.85. The highest BCUT2D eigenvalue weighted by atomic mass is 79.9. The molecule has 1 saturated heterocycles. The van der Waals surface area contributed by atoms with Gasteiger partial charge in [-0.25, -0.2) is 19.0 Å². The molecule has 3 aromatic heterocycles. The molecule has 0 spiro atoms. The van der Waals surface area contributed by atoms with Gasteiger partial charge in [0.25, 0.3) is 5.91 Å². The summed E-state index contributed by atoms with van der Waals surface area (Å²) in [4.78, 5) is 24.3. The van der Waals surface area contributed by atoms with Gasteiger partial charge in [-0.15, -0.1) is 5.10 Å². The summed E-state index contributed by atoms with van der Waals surface area (Å²) in [6.07, 6.45) is 5.44. The summed E-state index contributed by atoms with van der Waals surface area (Å²) in [6, 6.07) is 14.1. The van der Waals surface area contributed by atoms with E-state index in [0.29, 0.717) is 58.6 Å². The molecular formula is C27H22BrFN6O3S. The van der Waals surface area contributed by atoms with Crippen molar-refractivity contribution in [2.24, 2.45) is 0 Å². The fourth-order valence-electron chi connectivity index (χ4n) is 4.55. The second-order valence-corrected chi connectivity index (χ2v) is 10.7. The van der Waals surface area contributed by atoms with Crippen LogP contribution in [0.3, 0.4) is 0 Å². The lowest BCUT2D eigenvalue weighted by atomic mass is 10.1. The Morgan fingerprint density at radius 2 is 1.97 bits per heavy atom. The van der Waals surface area contributed by atoms with Crippen LogP contribution in [-0.4, -0.2) is 61.6 Å². The third-order valence-electron chi connectivity index (χ3n) is 6.43. The zero-order valence-corrected chi connectivity index (χ0v) is 22.9. The van der Waals surface area contributed by atoms with Gasteiger partial charge in [-0.2, -0.15) is 0 Å². The topological polar surface area (TPSA) is 99.2 Å². The van der Waals surface area contributed by atoms with Gasteiger partial charge in [0.05, 0.1) is 35.6 Å². The molecule has 1 aliphatic heterocycles. The molecule has 198 valence electrons. The Morgan fingerprint density at radius 1 is 1.13 bits per heavy atom. The molecule has 4 heterocycles. The van der Waals surface area contributed by atoms with Crippen molar-refractivity contribution in [3.63, 3.8) is 0 Å². The lowest BCUT2D eigenvalue weighted by Gasteiger charge is -2.34. The predicted octanol–water partition coefficient (Wildman–Crippen LogP) is 5.08. The van der Waals surface area contributed by atoms with Crippen molar-refractivity contribution in [1.29, 1.82) is 0 Å². The first-order valence-electron chi connectivity index (χ1n) is 12.2. The molecule has 5 aromatic rings. The smallest absolute Gasteiger partial charge is 0.290 e. The number of aromatic nitrogens is 5. The highest BCUT2D eigenvalue weighted by molar-refractivity contribution is 9.10. The SMILES string of the molecule is O=C(c1oc2ccccc2c1CSc1ncccn1)N1CCOCC1Cc1cn(-c2cccc(Br)c2F)nn1. The number of morpholine rings is 1. The van der Waals surface area contributed by atoms with Crippen LogP contribution in [0.15, 0.2) is 81.2 Å². The number of thioether (sulfide) groups is 1. The Morgan fingerprint density at radius 3 is 2.85 bits per heavy atom. The first kappa shape index (κ1) is 25.7. The summed E-state index contributed by atoms with van der Waals surface area (Å²) < 4.78 is 28.2. The molecular weight excluding hydrogens is 587 g/mol. The monoisotopic (exact) mass is 608 g/mol. The number of hydrogen-bond donors (Lipinski definition) is 0. The lowest BCUT2D eigenvalue weighted by molar-refractivity contribution is -0.00340. The first-order chi connectivity index (χ1) is 19.1. The van der Waals surface area contributed by atoms with E-state index < -0.39 is 5.82 Å². The van der Waals surface area contributed by atoms with Crippen LogP contribution in [-0.2, 0) is 16.9 Å². The number of benzene rings is 2. The molecule has 0 N–H and O–H groups in total. The second-order valence-electron chi connectivity index (χ2n) is 8.88. The summed E-state index contributed by atoms with van der Waals surface area (Å²) in [5.41, 5.74) is 2.34. The third-order valence-corrected chi connectivity index (χ3v) is 7.95. The van der Waals surface area contributed by atoms with Crippen molar-refractivity contribution in [3.05, 3.63) is 94.4 Å². The minimum atomic E-state index is -0.428. The molecule has 0 aliphatic carbocycles. The summed E-state index contributed by atoms with van der Waals surface area (Å²) in [7, 11) is 0. The van der Waals surface area contributed by atoms with Crippen LogP contribution in [0.5, 0.6) is 0 Å². The normalized spacial score (nSPS) is 15.6. The maximum absolute atomic E-state index is 14.6. The number of nitrogens with zero attached hydrogens (tertiary/aromatic N) is 6. The molecule has 0 radical (unpaired) electrons. The van der Waals surface area contributed by atoms with Gasteiger partial charge in [-0.3, -0.25) is 4.79 Å². The third kappa shape index (κ3) is 5.32. The Balaban J connectivity index is 1.26. The quantitative estimate of drug-likeness (QED) is 0.186. The Hall–Kier alpha value is -3.61. The standard InChI is InChI=1S/C27H22BrFN6O3S/c28-21-6-3-7-22(24(21)29)35-14-17(32-33-35)13-18-15-37-12-11-34(18)26(36)25-20(16-39-27-30-9-4-10-31-27)19-5-1-2-8-23(19)38-25/h1-10,14,18H,11-13,15-16H2. The molecule has 1 fully saturated rings. The molecule has 1 aliphatic rings. The fraction of sp³-hybridized carbons (Fsp3) is 0.222. The van der Waals surface area contributed by atoms with E-state index in [1.807, 2.05) is 24.3 Å². The molecule has 39 heavy (non-hydrogen) atoms. The van der Waals surface area contributed by atoms with Crippen LogP contribution >= 0.6 is 27.7 Å². The average Bonchev–Trinajstić information content (AvgIpc) is 3.58. The van der Waals surface area contributed by atoms with Gasteiger partial charge >= 0.3 is 0 Å². The number of rotatable bonds is 7. The van der Waals surface area contributed by atoms with E-state index in [2.05, 4.69) is 36.2 Å². The van der Waals surface area contributed by atoms with Gasteiger partial charge in [0.2, 0.25) is 0 Å². The molecule has 9 nitrogen and oxygen atoms in total. The lowest BCUT2D eigenvalue weighted by Crippen LogP contribution is -2.49. The number of carbonyl (C=O) groups is 1. The maximum atomic E-state index is 14.6. The molecule has 6 rings (SSSR count). The number of para-hydroxylation sites is 1. The van der Waals surface area contributed by atoms with Crippen LogP contribution in [0.4, 0.5) is 4.39 Å². The average molecular weight is 609 g/mol. The van der Waals surface area contributed by atoms with Crippen molar-refractivity contribution in [2.45, 2.75) is 23.4 Å². The zero-order valence-electron chi connectivity index (χ0n) is 20.5. The highest BCUT2D eigenvalue weighted by Crippen LogP contribution is 2.32. The van der Waals surface area contributed by atoms with Gasteiger partial charge in [-0.05, 0) is 40.2 Å². The predicted molar refractivity (Wildman–Crippen MR) is 146 cm³/mol. The summed E-state index contributed by atoms with van der Waals surface area (Å²) in [5.74, 6) is 0.132. The van der Waals surface area contributed by atoms with Gasteiger partial charge < -0.3 is 14.1 Å². The Bertz CT molecular complexity index is 1630. The summed E-state index contributed by atoms with van der Waals surface area (Å²) in [6.45, 7) is 1.16. The van der Waals surface area contributed by atoms with E-state index in [9.17, 15) is 9.18 Å². The van der Waals surface area contributed by atoms with Crippen LogP contribution in [0.25, 0.3) is 16.7 Å². The number of hydrogen-bond acceptors (Lipinski definition) is 8. The van der Waals surface area contributed by atoms with Crippen LogP contribution in [0, 0.1) is 5.82 Å². The van der Waals surface area contributed by atoms with Crippen LogP contribution in [0.1, 0.15) is 21.8 Å². The summed E-state index contributed by atoms with van der Waals surface area (Å²) >= 11 is 4.65. The number of carbonyl (C=O) groups excluding carboxylic acids is 1. The van der Waals surface area contributed by atoms with E-state index in [1.165, 1.54) is 16.4 Å². The number of halogens is 2. The molecule has 2 aromatic carbocycles. The number of ether oxygens (including phenoxy) is 1. The zero-order chi connectivity index (χ0) is 26.8. The largest absolute Gasteiger partial charge is 0.451 e. The molecule has 12 heteroatoms. The Labute approximate surface area is 235 Å². The number of furan rings is 1. The minimum absolute atomic E-state index is 0.213. The van der Waals surface area contributed by atoms with Gasteiger partial charge in [0.1, 0.15) is 11.3 Å².